The van der Waals surface area contributed by atoms with Gasteiger partial charge in [-0.25, -0.2) is 0 Å². The van der Waals surface area contributed by atoms with Crippen molar-refractivity contribution in [2.75, 3.05) is 18.0 Å². The maximum atomic E-state index is 5.67. The van der Waals surface area contributed by atoms with Crippen LogP contribution in [0.15, 0.2) is 47.1 Å². The molecule has 1 N–H and O–H groups in total. The second-order valence-corrected chi connectivity index (χ2v) is 4.95. The van der Waals surface area contributed by atoms with Crippen LogP contribution < -0.4 is 10.2 Å². The van der Waals surface area contributed by atoms with Crippen molar-refractivity contribution in [2.24, 2.45) is 0 Å². The molecule has 108 valence electrons. The molecule has 0 aliphatic rings. The van der Waals surface area contributed by atoms with E-state index in [0.29, 0.717) is 0 Å². The van der Waals surface area contributed by atoms with Crippen molar-refractivity contribution in [3.63, 3.8) is 0 Å². The van der Waals surface area contributed by atoms with Gasteiger partial charge in [-0.1, -0.05) is 25.1 Å². The second kappa shape index (κ2) is 7.75. The molecule has 0 saturated heterocycles. The van der Waals surface area contributed by atoms with Crippen molar-refractivity contribution in [1.82, 2.24) is 5.32 Å². The fraction of sp³-hybridized carbons (Fsp3) is 0.412. The predicted octanol–water partition coefficient (Wildman–Crippen LogP) is 3.81. The molecule has 0 fully saturated rings. The molecular formula is C17H24N2O. The number of nitrogens with zero attached hydrogens (tertiary/aromatic N) is 1. The Hall–Kier alpha value is -1.74. The fourth-order valence-corrected chi connectivity index (χ4v) is 2.22. The molecule has 0 aliphatic carbocycles. The third-order valence-corrected chi connectivity index (χ3v) is 3.31. The van der Waals surface area contributed by atoms with Gasteiger partial charge in [-0.2, -0.15) is 0 Å². The summed E-state index contributed by atoms with van der Waals surface area (Å²) in [6.07, 6.45) is 3.01. The van der Waals surface area contributed by atoms with E-state index in [1.807, 2.05) is 12.3 Å². The smallest absolute Gasteiger partial charge is 0.123 e. The van der Waals surface area contributed by atoms with Crippen molar-refractivity contribution < 1.29 is 4.42 Å². The van der Waals surface area contributed by atoms with Crippen LogP contribution in [0.1, 0.15) is 31.6 Å². The molecule has 0 saturated carbocycles. The Bertz CT molecular complexity index is 493. The summed E-state index contributed by atoms with van der Waals surface area (Å²) in [5.41, 5.74) is 2.45. The van der Waals surface area contributed by atoms with E-state index in [0.717, 1.165) is 38.4 Å². The lowest BCUT2D eigenvalue weighted by molar-refractivity contribution is 0.501. The standard InChI is InChI=1S/C17H24N2O/c1-3-10-18-12-15-11-17(20-14-15)13-19(4-2)16-8-6-5-7-9-16/h5-9,11,14,18H,3-4,10,12-13H2,1-2H3. The minimum absolute atomic E-state index is 0.814. The minimum Gasteiger partial charge on any atom is -0.467 e. The highest BCUT2D eigenvalue weighted by Crippen LogP contribution is 2.17. The Morgan fingerprint density at radius 1 is 1.15 bits per heavy atom. The number of rotatable bonds is 8. The molecule has 3 nitrogen and oxygen atoms in total. The number of hydrogen-bond donors (Lipinski definition) is 1. The van der Waals surface area contributed by atoms with Gasteiger partial charge in [0.1, 0.15) is 5.76 Å². The van der Waals surface area contributed by atoms with Crippen LogP contribution in [-0.4, -0.2) is 13.1 Å². The summed E-state index contributed by atoms with van der Waals surface area (Å²) < 4.78 is 5.67. The van der Waals surface area contributed by atoms with Gasteiger partial charge in [0.25, 0.3) is 0 Å². The van der Waals surface area contributed by atoms with Crippen molar-refractivity contribution >= 4 is 5.69 Å². The van der Waals surface area contributed by atoms with Crippen LogP contribution >= 0.6 is 0 Å². The van der Waals surface area contributed by atoms with Crippen LogP contribution in [-0.2, 0) is 13.1 Å². The topological polar surface area (TPSA) is 28.4 Å². The number of benzene rings is 1. The molecule has 0 unspecified atom stereocenters. The Labute approximate surface area is 121 Å². The highest BCUT2D eigenvalue weighted by atomic mass is 16.3. The normalized spacial score (nSPS) is 10.7. The number of hydrogen-bond acceptors (Lipinski definition) is 3. The van der Waals surface area contributed by atoms with Gasteiger partial charge < -0.3 is 14.6 Å². The summed E-state index contributed by atoms with van der Waals surface area (Å²) in [7, 11) is 0. The second-order valence-electron chi connectivity index (χ2n) is 4.95. The summed E-state index contributed by atoms with van der Waals surface area (Å²) in [5, 5.41) is 3.39. The monoisotopic (exact) mass is 272 g/mol. The molecule has 3 heteroatoms. The zero-order chi connectivity index (χ0) is 14.2. The van der Waals surface area contributed by atoms with Crippen LogP contribution in [0.2, 0.25) is 0 Å². The molecule has 20 heavy (non-hydrogen) atoms. The average molecular weight is 272 g/mol. The molecule has 0 aliphatic heterocycles. The number of anilines is 1. The van der Waals surface area contributed by atoms with Gasteiger partial charge in [-0.05, 0) is 38.1 Å². The zero-order valence-electron chi connectivity index (χ0n) is 12.4. The van der Waals surface area contributed by atoms with E-state index in [2.05, 4.69) is 54.4 Å². The fourth-order valence-electron chi connectivity index (χ4n) is 2.22. The molecule has 0 amide bonds. The van der Waals surface area contributed by atoms with Gasteiger partial charge in [0.2, 0.25) is 0 Å². The Balaban J connectivity index is 1.94. The first-order valence-electron chi connectivity index (χ1n) is 7.40. The third-order valence-electron chi connectivity index (χ3n) is 3.31. The lowest BCUT2D eigenvalue weighted by Crippen LogP contribution is -2.21. The first-order valence-corrected chi connectivity index (χ1v) is 7.40. The van der Waals surface area contributed by atoms with E-state index in [1.54, 1.807) is 0 Å². The predicted molar refractivity (Wildman–Crippen MR) is 83.9 cm³/mol. The van der Waals surface area contributed by atoms with Gasteiger partial charge in [0.05, 0.1) is 12.8 Å². The minimum atomic E-state index is 0.814. The number of furan rings is 1. The lowest BCUT2D eigenvalue weighted by Gasteiger charge is -2.21. The summed E-state index contributed by atoms with van der Waals surface area (Å²) in [5.74, 6) is 1.02. The molecule has 0 bridgehead atoms. The van der Waals surface area contributed by atoms with E-state index in [4.69, 9.17) is 4.42 Å². The number of nitrogens with one attached hydrogen (secondary N) is 1. The maximum Gasteiger partial charge on any atom is 0.123 e. The van der Waals surface area contributed by atoms with Crippen LogP contribution in [0, 0.1) is 0 Å². The Kier molecular flexibility index (Phi) is 5.69. The first-order chi connectivity index (χ1) is 9.83. The zero-order valence-corrected chi connectivity index (χ0v) is 12.4. The van der Waals surface area contributed by atoms with Crippen LogP contribution in [0.5, 0.6) is 0 Å². The van der Waals surface area contributed by atoms with Crippen LogP contribution in [0.25, 0.3) is 0 Å². The molecule has 1 aromatic heterocycles. The summed E-state index contributed by atoms with van der Waals surface area (Å²) in [4.78, 5) is 2.31. The molecular weight excluding hydrogens is 248 g/mol. The Morgan fingerprint density at radius 2 is 1.95 bits per heavy atom. The van der Waals surface area contributed by atoms with Gasteiger partial charge in [0, 0.05) is 24.3 Å². The molecule has 2 rings (SSSR count). The van der Waals surface area contributed by atoms with E-state index in [9.17, 15) is 0 Å². The lowest BCUT2D eigenvalue weighted by atomic mass is 10.2. The van der Waals surface area contributed by atoms with E-state index < -0.39 is 0 Å². The largest absolute Gasteiger partial charge is 0.467 e. The molecule has 2 aromatic rings. The molecule has 1 aromatic carbocycles. The van der Waals surface area contributed by atoms with Gasteiger partial charge in [-0.15, -0.1) is 0 Å². The van der Waals surface area contributed by atoms with E-state index in [1.165, 1.54) is 11.3 Å². The highest BCUT2D eigenvalue weighted by molar-refractivity contribution is 5.46. The summed E-state index contributed by atoms with van der Waals surface area (Å²) in [6.45, 7) is 8.05. The third kappa shape index (κ3) is 4.14. The quantitative estimate of drug-likeness (QED) is 0.741. The highest BCUT2D eigenvalue weighted by Gasteiger charge is 2.08. The van der Waals surface area contributed by atoms with Crippen molar-refractivity contribution in [2.45, 2.75) is 33.4 Å². The van der Waals surface area contributed by atoms with E-state index in [-0.39, 0.29) is 0 Å². The summed E-state index contributed by atoms with van der Waals surface area (Å²) in [6, 6.07) is 12.6. The molecule has 0 radical (unpaired) electrons. The molecule has 0 atom stereocenters. The van der Waals surface area contributed by atoms with Crippen molar-refractivity contribution in [3.8, 4) is 0 Å². The van der Waals surface area contributed by atoms with Gasteiger partial charge >= 0.3 is 0 Å². The molecule has 0 spiro atoms. The first kappa shape index (κ1) is 14.7. The van der Waals surface area contributed by atoms with E-state index >= 15 is 0 Å². The van der Waals surface area contributed by atoms with Gasteiger partial charge in [0.15, 0.2) is 0 Å². The van der Waals surface area contributed by atoms with Crippen molar-refractivity contribution in [1.29, 1.82) is 0 Å². The van der Waals surface area contributed by atoms with Crippen LogP contribution in [0.3, 0.4) is 0 Å². The average Bonchev–Trinajstić information content (AvgIpc) is 2.93. The van der Waals surface area contributed by atoms with Crippen LogP contribution in [0.4, 0.5) is 5.69 Å². The molecule has 1 heterocycles. The maximum absolute atomic E-state index is 5.67. The number of para-hydroxylation sites is 1. The summed E-state index contributed by atoms with van der Waals surface area (Å²) >= 11 is 0. The Morgan fingerprint density at radius 3 is 2.65 bits per heavy atom. The van der Waals surface area contributed by atoms with Crippen molar-refractivity contribution in [3.05, 3.63) is 54.0 Å². The SMILES string of the molecule is CCCNCc1coc(CN(CC)c2ccccc2)c1. The van der Waals surface area contributed by atoms with Gasteiger partial charge in [-0.3, -0.25) is 0 Å².